The summed E-state index contributed by atoms with van der Waals surface area (Å²) in [7, 11) is 0. The third-order valence-electron chi connectivity index (χ3n) is 10.5. The van der Waals surface area contributed by atoms with Gasteiger partial charge >= 0.3 is 5.97 Å². The monoisotopic (exact) mass is 390 g/mol. The normalized spacial score (nSPS) is 50.2. The molecular weight excluding hydrogens is 348 g/mol. The fourth-order valence-electron chi connectivity index (χ4n) is 9.03. The van der Waals surface area contributed by atoms with Crippen LogP contribution in [0.25, 0.3) is 0 Å². The van der Waals surface area contributed by atoms with E-state index in [-0.39, 0.29) is 12.0 Å². The molecule has 2 N–H and O–H groups in total. The molecule has 0 aromatic carbocycles. The van der Waals surface area contributed by atoms with Crippen LogP contribution in [-0.4, -0.2) is 22.3 Å². The molecule has 4 saturated carbocycles. The second-order valence-electron chi connectivity index (χ2n) is 11.8. The third kappa shape index (κ3) is 3.15. The molecule has 3 heteroatoms. The molecule has 4 aliphatic carbocycles. The van der Waals surface area contributed by atoms with Crippen molar-refractivity contribution in [2.75, 3.05) is 0 Å². The van der Waals surface area contributed by atoms with Crippen LogP contribution in [0.5, 0.6) is 0 Å². The van der Waals surface area contributed by atoms with Crippen LogP contribution in [0.4, 0.5) is 0 Å². The van der Waals surface area contributed by atoms with Gasteiger partial charge in [0.15, 0.2) is 0 Å². The van der Waals surface area contributed by atoms with Gasteiger partial charge in [-0.1, -0.05) is 27.7 Å². The van der Waals surface area contributed by atoms with E-state index >= 15 is 0 Å². The lowest BCUT2D eigenvalue weighted by Gasteiger charge is -2.61. The van der Waals surface area contributed by atoms with Gasteiger partial charge in [0.1, 0.15) is 0 Å². The van der Waals surface area contributed by atoms with Crippen molar-refractivity contribution in [2.45, 2.75) is 98.0 Å². The van der Waals surface area contributed by atoms with Crippen LogP contribution in [0.1, 0.15) is 91.9 Å². The molecule has 0 bridgehead atoms. The standard InChI is InChI=1S/C25H42O3/c1-15(13-16(2)23(27)28)20-7-8-21-19-6-5-17-14-18(26)9-11-24(17,3)22(19)10-12-25(20,21)4/h15-22,26H,5-14H2,1-4H3,(H,27,28)/t15?,16-,17+,18+,19?,20+,21?,22?,24-,25+/m0/s1. The van der Waals surface area contributed by atoms with Crippen molar-refractivity contribution >= 4 is 5.97 Å². The Morgan fingerprint density at radius 2 is 1.64 bits per heavy atom. The molecule has 0 amide bonds. The van der Waals surface area contributed by atoms with Crippen LogP contribution in [0.3, 0.4) is 0 Å². The Morgan fingerprint density at radius 3 is 2.36 bits per heavy atom. The Balaban J connectivity index is 1.51. The third-order valence-corrected chi connectivity index (χ3v) is 10.5. The zero-order valence-corrected chi connectivity index (χ0v) is 18.5. The van der Waals surface area contributed by atoms with Gasteiger partial charge in [0.25, 0.3) is 0 Å². The van der Waals surface area contributed by atoms with Crippen LogP contribution in [-0.2, 0) is 4.79 Å². The molecule has 4 unspecified atom stereocenters. The van der Waals surface area contributed by atoms with Gasteiger partial charge < -0.3 is 10.2 Å². The Morgan fingerprint density at radius 1 is 0.964 bits per heavy atom. The largest absolute Gasteiger partial charge is 0.481 e. The minimum absolute atomic E-state index is 0.0589. The average Bonchev–Trinajstić information content (AvgIpc) is 2.99. The van der Waals surface area contributed by atoms with Gasteiger partial charge in [0, 0.05) is 0 Å². The fourth-order valence-corrected chi connectivity index (χ4v) is 9.03. The van der Waals surface area contributed by atoms with E-state index < -0.39 is 5.97 Å². The summed E-state index contributed by atoms with van der Waals surface area (Å²) in [6.07, 6.45) is 12.1. The highest BCUT2D eigenvalue weighted by Gasteiger charge is 2.60. The van der Waals surface area contributed by atoms with E-state index in [1.165, 1.54) is 44.9 Å². The summed E-state index contributed by atoms with van der Waals surface area (Å²) in [4.78, 5) is 11.4. The molecule has 0 aromatic rings. The average molecular weight is 391 g/mol. The van der Waals surface area contributed by atoms with Crippen LogP contribution in [0.2, 0.25) is 0 Å². The Hall–Kier alpha value is -0.570. The SMILES string of the molecule is CC(C[C@H](C)C(=O)O)[C@H]1CCC2C3CC[C@@H]4C[C@H](O)CC[C@]4(C)C3CC[C@@]21C. The van der Waals surface area contributed by atoms with Gasteiger partial charge in [-0.05, 0) is 111 Å². The van der Waals surface area contributed by atoms with E-state index in [1.807, 2.05) is 6.92 Å². The molecule has 0 heterocycles. The number of carbonyl (C=O) groups is 1. The van der Waals surface area contributed by atoms with Crippen LogP contribution >= 0.6 is 0 Å². The van der Waals surface area contributed by atoms with Crippen molar-refractivity contribution in [3.05, 3.63) is 0 Å². The lowest BCUT2D eigenvalue weighted by Crippen LogP contribution is -2.54. The number of rotatable bonds is 4. The van der Waals surface area contributed by atoms with Crippen molar-refractivity contribution in [1.82, 2.24) is 0 Å². The molecular formula is C25H42O3. The van der Waals surface area contributed by atoms with Gasteiger partial charge in [0.2, 0.25) is 0 Å². The highest BCUT2D eigenvalue weighted by molar-refractivity contribution is 5.69. The van der Waals surface area contributed by atoms with E-state index in [9.17, 15) is 15.0 Å². The van der Waals surface area contributed by atoms with Gasteiger partial charge in [0.05, 0.1) is 12.0 Å². The van der Waals surface area contributed by atoms with Crippen molar-refractivity contribution in [3.8, 4) is 0 Å². The Labute approximate surface area is 171 Å². The Kier molecular flexibility index (Phi) is 5.39. The highest BCUT2D eigenvalue weighted by atomic mass is 16.4. The molecule has 4 rings (SSSR count). The molecule has 10 atom stereocenters. The number of hydrogen-bond acceptors (Lipinski definition) is 2. The summed E-state index contributed by atoms with van der Waals surface area (Å²) in [5.41, 5.74) is 0.862. The zero-order valence-electron chi connectivity index (χ0n) is 18.5. The summed E-state index contributed by atoms with van der Waals surface area (Å²) in [5, 5.41) is 19.6. The predicted octanol–water partition coefficient (Wildman–Crippen LogP) is 5.75. The van der Waals surface area contributed by atoms with E-state index in [0.717, 1.165) is 42.9 Å². The van der Waals surface area contributed by atoms with Crippen molar-refractivity contribution in [1.29, 1.82) is 0 Å². The molecule has 3 nitrogen and oxygen atoms in total. The summed E-state index contributed by atoms with van der Waals surface area (Å²) < 4.78 is 0. The zero-order chi connectivity index (χ0) is 20.3. The summed E-state index contributed by atoms with van der Waals surface area (Å²) in [6, 6.07) is 0. The van der Waals surface area contributed by atoms with Crippen LogP contribution in [0, 0.1) is 52.3 Å². The number of fused-ring (bicyclic) bond motifs is 5. The van der Waals surface area contributed by atoms with Gasteiger partial charge in [-0.15, -0.1) is 0 Å². The fraction of sp³-hybridized carbons (Fsp3) is 0.960. The maximum Gasteiger partial charge on any atom is 0.306 e. The van der Waals surface area contributed by atoms with Crippen molar-refractivity contribution in [2.24, 2.45) is 52.3 Å². The molecule has 0 saturated heterocycles. The number of carboxylic acid groups (broad SMARTS) is 1. The van der Waals surface area contributed by atoms with E-state index in [2.05, 4.69) is 20.8 Å². The van der Waals surface area contributed by atoms with E-state index in [0.29, 0.717) is 22.7 Å². The molecule has 4 aliphatic rings. The molecule has 28 heavy (non-hydrogen) atoms. The minimum Gasteiger partial charge on any atom is -0.481 e. The van der Waals surface area contributed by atoms with Crippen molar-refractivity contribution in [3.63, 3.8) is 0 Å². The topological polar surface area (TPSA) is 57.5 Å². The van der Waals surface area contributed by atoms with Crippen molar-refractivity contribution < 1.29 is 15.0 Å². The predicted molar refractivity (Wildman–Crippen MR) is 112 cm³/mol. The second-order valence-corrected chi connectivity index (χ2v) is 11.8. The number of hydrogen-bond donors (Lipinski definition) is 2. The van der Waals surface area contributed by atoms with Crippen LogP contribution < -0.4 is 0 Å². The number of carboxylic acids is 1. The molecule has 4 fully saturated rings. The smallest absolute Gasteiger partial charge is 0.306 e. The first-order valence-electron chi connectivity index (χ1n) is 12.1. The molecule has 0 aromatic heterocycles. The Bertz CT molecular complexity index is 603. The van der Waals surface area contributed by atoms with Crippen LogP contribution in [0.15, 0.2) is 0 Å². The minimum atomic E-state index is -0.638. The summed E-state index contributed by atoms with van der Waals surface area (Å²) >= 11 is 0. The molecule has 160 valence electrons. The second kappa shape index (κ2) is 7.29. The lowest BCUT2D eigenvalue weighted by atomic mass is 9.44. The number of aliphatic hydroxyl groups excluding tert-OH is 1. The quantitative estimate of drug-likeness (QED) is 0.642. The first-order chi connectivity index (χ1) is 13.2. The molecule has 0 spiro atoms. The van der Waals surface area contributed by atoms with Gasteiger partial charge in [-0.25, -0.2) is 0 Å². The number of aliphatic hydroxyl groups is 1. The maximum absolute atomic E-state index is 11.4. The maximum atomic E-state index is 11.4. The first kappa shape index (κ1) is 20.7. The first-order valence-corrected chi connectivity index (χ1v) is 12.1. The van der Waals surface area contributed by atoms with E-state index in [1.54, 1.807) is 0 Å². The van der Waals surface area contributed by atoms with Gasteiger partial charge in [-0.2, -0.15) is 0 Å². The molecule has 0 aliphatic heterocycles. The summed E-state index contributed by atoms with van der Waals surface area (Å²) in [6.45, 7) is 9.33. The van der Waals surface area contributed by atoms with Gasteiger partial charge in [-0.3, -0.25) is 4.79 Å². The highest BCUT2D eigenvalue weighted by Crippen LogP contribution is 2.68. The number of aliphatic carboxylic acids is 1. The summed E-state index contributed by atoms with van der Waals surface area (Å²) in [5.74, 6) is 3.62. The van der Waals surface area contributed by atoms with E-state index in [4.69, 9.17) is 0 Å². The lowest BCUT2D eigenvalue weighted by molar-refractivity contribution is -0.142. The molecule has 0 radical (unpaired) electrons.